The molecule has 0 aromatic heterocycles. The van der Waals surface area contributed by atoms with E-state index in [0.717, 1.165) is 33.6 Å². The van der Waals surface area contributed by atoms with Crippen LogP contribution in [0.25, 0.3) is 0 Å². The first-order valence-electron chi connectivity index (χ1n) is 15.4. The standard InChI is InChI=1S/C36H30ClFN2O8/c1-15-10-17(11-16(2)30(15)42)29-20-7-8-22-28(33(45)39(31(22)43)19-4-6-21(34(46)47)27(41)13-19)23(20)14-24-32(44)40(35(48)36(24,29)3)18-5-9-26(38)25(37)12-18/h4-7,9-13,22-24,28-29,41-42H,8,14H2,1-3H3,(H,46,47)/t22-,23+,24-,28-,29-,36+/m0/s1. The summed E-state index contributed by atoms with van der Waals surface area (Å²) in [6, 6.07) is 10.6. The molecule has 2 saturated heterocycles. The van der Waals surface area contributed by atoms with Crippen molar-refractivity contribution < 1.29 is 43.7 Å². The van der Waals surface area contributed by atoms with Crippen molar-refractivity contribution in [1.29, 1.82) is 0 Å². The molecule has 2 aliphatic heterocycles. The topological polar surface area (TPSA) is 153 Å². The number of hydrogen-bond donors (Lipinski definition) is 3. The van der Waals surface area contributed by atoms with Crippen LogP contribution < -0.4 is 9.80 Å². The average Bonchev–Trinajstić information content (AvgIpc) is 3.40. The lowest BCUT2D eigenvalue weighted by Gasteiger charge is -2.49. The van der Waals surface area contributed by atoms with Crippen LogP contribution in [0.3, 0.4) is 0 Å². The maximum absolute atomic E-state index is 14.5. The second-order valence-corrected chi connectivity index (χ2v) is 13.7. The SMILES string of the molecule is Cc1cc([C@H]2C3=CC[C@@H]4C(=O)N(c5ccc(C(=O)O)c(O)c5)C(=O)[C@@H]4[C@@H]3C[C@H]3C(=O)N(c4ccc(F)c(Cl)c4)C(=O)[C@@]23C)cc(C)c1O. The van der Waals surface area contributed by atoms with Crippen LogP contribution in [0.5, 0.6) is 11.5 Å². The van der Waals surface area contributed by atoms with E-state index in [1.807, 2.05) is 6.08 Å². The third-order valence-corrected chi connectivity index (χ3v) is 11.0. The van der Waals surface area contributed by atoms with Gasteiger partial charge in [0.1, 0.15) is 22.9 Å². The van der Waals surface area contributed by atoms with Gasteiger partial charge in [-0.15, -0.1) is 0 Å². The highest BCUT2D eigenvalue weighted by Gasteiger charge is 2.67. The fourth-order valence-electron chi connectivity index (χ4n) is 8.52. The van der Waals surface area contributed by atoms with Crippen LogP contribution in [-0.2, 0) is 19.2 Å². The number of imide groups is 2. The Labute approximate surface area is 279 Å². The average molecular weight is 673 g/mol. The van der Waals surface area contributed by atoms with Crippen molar-refractivity contribution in [2.24, 2.45) is 29.1 Å². The zero-order valence-electron chi connectivity index (χ0n) is 26.0. The summed E-state index contributed by atoms with van der Waals surface area (Å²) in [6.45, 7) is 5.18. The molecule has 48 heavy (non-hydrogen) atoms. The second kappa shape index (κ2) is 10.7. The lowest BCUT2D eigenvalue weighted by atomic mass is 9.51. The van der Waals surface area contributed by atoms with E-state index >= 15 is 0 Å². The minimum Gasteiger partial charge on any atom is -0.507 e. The van der Waals surface area contributed by atoms with Gasteiger partial charge in [0.2, 0.25) is 23.6 Å². The molecule has 3 aromatic rings. The van der Waals surface area contributed by atoms with Crippen molar-refractivity contribution >= 4 is 52.6 Å². The van der Waals surface area contributed by atoms with Crippen LogP contribution in [0.2, 0.25) is 5.02 Å². The minimum atomic E-state index is -1.37. The van der Waals surface area contributed by atoms with Crippen LogP contribution >= 0.6 is 11.6 Å². The van der Waals surface area contributed by atoms with Crippen molar-refractivity contribution in [3.05, 3.63) is 93.3 Å². The van der Waals surface area contributed by atoms with Gasteiger partial charge in [0.05, 0.1) is 39.6 Å². The Kier molecular flexibility index (Phi) is 7.07. The number of carboxylic acids is 1. The Bertz CT molecular complexity index is 2020. The fraction of sp³-hybridized carbons (Fsp3) is 0.306. The van der Waals surface area contributed by atoms with Gasteiger partial charge < -0.3 is 15.3 Å². The molecular weight excluding hydrogens is 643 g/mol. The molecule has 10 nitrogen and oxygen atoms in total. The van der Waals surface area contributed by atoms with E-state index in [-0.39, 0.29) is 40.6 Å². The van der Waals surface area contributed by atoms with Gasteiger partial charge >= 0.3 is 5.97 Å². The quantitative estimate of drug-likeness (QED) is 0.238. The first kappa shape index (κ1) is 31.6. The maximum Gasteiger partial charge on any atom is 0.339 e. The van der Waals surface area contributed by atoms with Gasteiger partial charge in [-0.1, -0.05) is 35.4 Å². The molecule has 4 aliphatic rings. The molecule has 7 rings (SSSR count). The molecule has 0 bridgehead atoms. The molecule has 2 heterocycles. The normalized spacial score (nSPS) is 27.9. The molecule has 3 N–H and O–H groups in total. The maximum atomic E-state index is 14.5. The summed E-state index contributed by atoms with van der Waals surface area (Å²) in [7, 11) is 0. The number of carboxylic acid groups (broad SMARTS) is 1. The van der Waals surface area contributed by atoms with Gasteiger partial charge in [-0.3, -0.25) is 19.2 Å². The van der Waals surface area contributed by atoms with E-state index in [2.05, 4.69) is 0 Å². The predicted molar refractivity (Wildman–Crippen MR) is 171 cm³/mol. The fourth-order valence-corrected chi connectivity index (χ4v) is 8.69. The van der Waals surface area contributed by atoms with E-state index in [4.69, 9.17) is 11.6 Å². The summed E-state index contributed by atoms with van der Waals surface area (Å²) in [6.07, 6.45) is 2.12. The van der Waals surface area contributed by atoms with Gasteiger partial charge in [-0.25, -0.2) is 19.0 Å². The minimum absolute atomic E-state index is 0.0249. The zero-order chi connectivity index (χ0) is 34.6. The van der Waals surface area contributed by atoms with Crippen LogP contribution in [0.1, 0.15) is 52.7 Å². The summed E-state index contributed by atoms with van der Waals surface area (Å²) in [5, 5.41) is 30.0. The predicted octanol–water partition coefficient (Wildman–Crippen LogP) is 5.64. The number of aromatic carboxylic acids is 1. The van der Waals surface area contributed by atoms with Crippen LogP contribution in [-0.4, -0.2) is 44.9 Å². The van der Waals surface area contributed by atoms with Gasteiger partial charge in [0.15, 0.2) is 0 Å². The highest BCUT2D eigenvalue weighted by molar-refractivity contribution is 6.32. The van der Waals surface area contributed by atoms with E-state index in [0.29, 0.717) is 16.7 Å². The van der Waals surface area contributed by atoms with Crippen molar-refractivity contribution in [3.8, 4) is 11.5 Å². The third-order valence-electron chi connectivity index (χ3n) is 10.8. The molecule has 2 aliphatic carbocycles. The summed E-state index contributed by atoms with van der Waals surface area (Å²) in [5.41, 5.74) is 0.904. The highest BCUT2D eigenvalue weighted by Crippen LogP contribution is 2.64. The number of benzene rings is 3. The second-order valence-electron chi connectivity index (χ2n) is 13.3. The Morgan fingerprint density at radius 3 is 2.17 bits per heavy atom. The number of carbonyl (C=O) groups is 5. The summed E-state index contributed by atoms with van der Waals surface area (Å²) >= 11 is 6.06. The number of carbonyl (C=O) groups excluding carboxylic acids is 4. The van der Waals surface area contributed by atoms with Crippen molar-refractivity contribution in [1.82, 2.24) is 0 Å². The molecule has 12 heteroatoms. The number of hydrogen-bond acceptors (Lipinski definition) is 7. The molecule has 3 fully saturated rings. The summed E-state index contributed by atoms with van der Waals surface area (Å²) < 4.78 is 14.1. The molecule has 4 amide bonds. The summed E-state index contributed by atoms with van der Waals surface area (Å²) in [4.78, 5) is 70.4. The molecule has 3 aromatic carbocycles. The number of phenolic OH excluding ortho intramolecular Hbond substituents is 1. The molecular formula is C36H30ClFN2O8. The van der Waals surface area contributed by atoms with Crippen molar-refractivity contribution in [2.75, 3.05) is 9.80 Å². The Morgan fingerprint density at radius 2 is 1.54 bits per heavy atom. The van der Waals surface area contributed by atoms with Crippen LogP contribution in [0.15, 0.2) is 60.2 Å². The number of amides is 4. The highest BCUT2D eigenvalue weighted by atomic mass is 35.5. The van der Waals surface area contributed by atoms with Crippen molar-refractivity contribution in [2.45, 2.75) is 39.5 Å². The number of rotatable bonds is 4. The lowest BCUT2D eigenvalue weighted by Crippen LogP contribution is -2.49. The Morgan fingerprint density at radius 1 is 0.896 bits per heavy atom. The van der Waals surface area contributed by atoms with E-state index in [9.17, 15) is 43.7 Å². The van der Waals surface area contributed by atoms with Gasteiger partial charge in [0, 0.05) is 12.0 Å². The first-order valence-corrected chi connectivity index (χ1v) is 15.8. The van der Waals surface area contributed by atoms with Gasteiger partial charge in [-0.05, 0) is 86.6 Å². The van der Waals surface area contributed by atoms with E-state index < -0.39 is 76.2 Å². The number of fused-ring (bicyclic) bond motifs is 4. The van der Waals surface area contributed by atoms with Gasteiger partial charge in [0.25, 0.3) is 0 Å². The smallest absolute Gasteiger partial charge is 0.339 e. The zero-order valence-corrected chi connectivity index (χ0v) is 26.8. The molecule has 0 spiro atoms. The third kappa shape index (κ3) is 4.26. The monoisotopic (exact) mass is 672 g/mol. The number of halogens is 2. The lowest BCUT2D eigenvalue weighted by molar-refractivity contribution is -0.131. The Balaban J connectivity index is 1.36. The number of allylic oxidation sites excluding steroid dienone is 2. The van der Waals surface area contributed by atoms with E-state index in [1.54, 1.807) is 32.9 Å². The molecule has 1 saturated carbocycles. The molecule has 6 atom stereocenters. The number of phenols is 2. The molecule has 0 radical (unpaired) electrons. The van der Waals surface area contributed by atoms with Crippen LogP contribution in [0.4, 0.5) is 15.8 Å². The number of anilines is 2. The largest absolute Gasteiger partial charge is 0.507 e. The van der Waals surface area contributed by atoms with Crippen LogP contribution in [0, 0.1) is 48.8 Å². The number of aromatic hydroxyl groups is 2. The summed E-state index contributed by atoms with van der Waals surface area (Å²) in [5.74, 6) is -8.71. The first-order chi connectivity index (χ1) is 22.7. The van der Waals surface area contributed by atoms with Gasteiger partial charge in [-0.2, -0.15) is 0 Å². The van der Waals surface area contributed by atoms with E-state index in [1.165, 1.54) is 18.2 Å². The molecule has 246 valence electrons. The number of aryl methyl sites for hydroxylation is 2. The Hall–Kier alpha value is -5.03. The van der Waals surface area contributed by atoms with Crippen molar-refractivity contribution in [3.63, 3.8) is 0 Å². The molecule has 0 unspecified atom stereocenters. The number of nitrogens with zero attached hydrogens (tertiary/aromatic N) is 2.